The largest absolute Gasteiger partial charge is 0.332 e. The summed E-state index contributed by atoms with van der Waals surface area (Å²) < 4.78 is 23.2. The van der Waals surface area contributed by atoms with E-state index in [1.807, 2.05) is 39.9 Å². The first kappa shape index (κ1) is 16.7. The molecule has 0 saturated carbocycles. The smallest absolute Gasteiger partial charge is 0.223 e. The third kappa shape index (κ3) is 4.65. The van der Waals surface area contributed by atoms with Crippen LogP contribution in [0.4, 0.5) is 0 Å². The summed E-state index contributed by atoms with van der Waals surface area (Å²) in [5.74, 6) is 0.404. The number of carbonyl (C=O) groups is 1. The van der Waals surface area contributed by atoms with E-state index in [-0.39, 0.29) is 23.3 Å². The molecule has 1 saturated heterocycles. The highest BCUT2D eigenvalue weighted by Gasteiger charge is 2.30. The molecule has 23 heavy (non-hydrogen) atoms. The zero-order valence-corrected chi connectivity index (χ0v) is 15.1. The van der Waals surface area contributed by atoms with E-state index in [0.29, 0.717) is 25.9 Å². The lowest BCUT2D eigenvalue weighted by molar-refractivity contribution is -0.133. The van der Waals surface area contributed by atoms with Crippen LogP contribution in [0.3, 0.4) is 0 Å². The first-order valence-electron chi connectivity index (χ1n) is 7.55. The lowest BCUT2D eigenvalue weighted by atomic mass is 10.0. The molecule has 2 aromatic rings. The van der Waals surface area contributed by atoms with Crippen LogP contribution < -0.4 is 0 Å². The number of hydrogen-bond donors (Lipinski definition) is 0. The zero-order valence-electron chi connectivity index (χ0n) is 12.7. The Bertz CT molecular complexity index is 699. The van der Waals surface area contributed by atoms with Crippen molar-refractivity contribution in [1.82, 2.24) is 4.90 Å². The van der Waals surface area contributed by atoms with Gasteiger partial charge in [-0.1, -0.05) is 12.1 Å². The minimum atomic E-state index is -2.93. The van der Waals surface area contributed by atoms with Crippen LogP contribution in [-0.2, 0) is 27.7 Å². The molecule has 4 nitrogen and oxygen atoms in total. The summed E-state index contributed by atoms with van der Waals surface area (Å²) in [5, 5.41) is 4.01. The number of sulfone groups is 1. The molecule has 1 atom stereocenters. The van der Waals surface area contributed by atoms with E-state index >= 15 is 0 Å². The highest BCUT2D eigenvalue weighted by molar-refractivity contribution is 7.91. The third-order valence-electron chi connectivity index (χ3n) is 4.00. The standard InChI is InChI=1S/C16H19NO3S3/c18-16(9-13-5-8-23(19,20)12-13)17(10-14-3-1-6-21-14)11-15-4-2-7-22-15/h1-4,6-7,13H,5,8-12H2. The second-order valence-electron chi connectivity index (χ2n) is 5.88. The number of amides is 1. The van der Waals surface area contributed by atoms with Crippen molar-refractivity contribution in [1.29, 1.82) is 0 Å². The highest BCUT2D eigenvalue weighted by atomic mass is 32.2. The minimum Gasteiger partial charge on any atom is -0.332 e. The van der Waals surface area contributed by atoms with Gasteiger partial charge in [-0.2, -0.15) is 0 Å². The second-order valence-corrected chi connectivity index (χ2v) is 10.2. The number of hydrogen-bond acceptors (Lipinski definition) is 5. The Morgan fingerprint density at radius 1 is 1.13 bits per heavy atom. The summed E-state index contributed by atoms with van der Waals surface area (Å²) in [6, 6.07) is 8.02. The van der Waals surface area contributed by atoms with Crippen LogP contribution in [0.2, 0.25) is 0 Å². The van der Waals surface area contributed by atoms with Crippen LogP contribution in [0, 0.1) is 5.92 Å². The van der Waals surface area contributed by atoms with Crippen molar-refractivity contribution in [3.8, 4) is 0 Å². The maximum atomic E-state index is 12.7. The average Bonchev–Trinajstić information content (AvgIpc) is 3.21. The number of thiophene rings is 2. The Balaban J connectivity index is 1.67. The summed E-state index contributed by atoms with van der Waals surface area (Å²) in [4.78, 5) is 16.8. The molecule has 0 N–H and O–H groups in total. The number of carbonyl (C=O) groups excluding carboxylic acids is 1. The molecule has 0 aromatic carbocycles. The summed E-state index contributed by atoms with van der Waals surface area (Å²) in [5.41, 5.74) is 0. The molecule has 7 heteroatoms. The quantitative estimate of drug-likeness (QED) is 0.786. The molecule has 1 fully saturated rings. The van der Waals surface area contributed by atoms with Crippen LogP contribution in [0.1, 0.15) is 22.6 Å². The predicted octanol–water partition coefficient (Wildman–Crippen LogP) is 3.16. The fourth-order valence-electron chi connectivity index (χ4n) is 2.82. The molecule has 2 aromatic heterocycles. The third-order valence-corrected chi connectivity index (χ3v) is 7.56. The molecule has 1 amide bonds. The Morgan fingerprint density at radius 3 is 2.17 bits per heavy atom. The second kappa shape index (κ2) is 7.15. The number of nitrogens with zero attached hydrogens (tertiary/aromatic N) is 1. The van der Waals surface area contributed by atoms with Crippen LogP contribution in [0.5, 0.6) is 0 Å². The summed E-state index contributed by atoms with van der Waals surface area (Å²) in [7, 11) is -2.93. The lowest BCUT2D eigenvalue weighted by Crippen LogP contribution is -2.31. The molecular formula is C16H19NO3S3. The lowest BCUT2D eigenvalue weighted by Gasteiger charge is -2.23. The van der Waals surface area contributed by atoms with Gasteiger partial charge < -0.3 is 4.90 Å². The monoisotopic (exact) mass is 369 g/mol. The van der Waals surface area contributed by atoms with Crippen molar-refractivity contribution in [2.45, 2.75) is 25.9 Å². The van der Waals surface area contributed by atoms with Crippen molar-refractivity contribution < 1.29 is 13.2 Å². The molecule has 0 spiro atoms. The van der Waals surface area contributed by atoms with Gasteiger partial charge in [0.1, 0.15) is 0 Å². The fourth-order valence-corrected chi connectivity index (χ4v) is 6.12. The maximum absolute atomic E-state index is 12.7. The van der Waals surface area contributed by atoms with Gasteiger partial charge in [-0.25, -0.2) is 8.42 Å². The van der Waals surface area contributed by atoms with Gasteiger partial charge in [-0.3, -0.25) is 4.79 Å². The Morgan fingerprint density at radius 2 is 1.74 bits per heavy atom. The van der Waals surface area contributed by atoms with Crippen molar-refractivity contribution in [2.24, 2.45) is 5.92 Å². The fraction of sp³-hybridized carbons (Fsp3) is 0.438. The Kier molecular flexibility index (Phi) is 5.18. The summed E-state index contributed by atoms with van der Waals surface area (Å²) in [6.07, 6.45) is 0.940. The van der Waals surface area contributed by atoms with Gasteiger partial charge in [-0.05, 0) is 35.2 Å². The average molecular weight is 370 g/mol. The molecule has 1 aliphatic heterocycles. The van der Waals surface area contributed by atoms with E-state index in [9.17, 15) is 13.2 Å². The van der Waals surface area contributed by atoms with Gasteiger partial charge in [0.05, 0.1) is 24.6 Å². The molecular weight excluding hydrogens is 350 g/mol. The van der Waals surface area contributed by atoms with E-state index in [4.69, 9.17) is 0 Å². The van der Waals surface area contributed by atoms with Gasteiger partial charge in [0, 0.05) is 16.2 Å². The molecule has 0 aliphatic carbocycles. The van der Waals surface area contributed by atoms with Gasteiger partial charge >= 0.3 is 0 Å². The molecule has 124 valence electrons. The number of rotatable bonds is 6. The molecule has 3 heterocycles. The van der Waals surface area contributed by atoms with E-state index in [1.54, 1.807) is 22.7 Å². The molecule has 1 aliphatic rings. The SMILES string of the molecule is O=C(CC1CCS(=O)(=O)C1)N(Cc1cccs1)Cc1cccs1. The van der Waals surface area contributed by atoms with Crippen LogP contribution in [-0.4, -0.2) is 30.7 Å². The van der Waals surface area contributed by atoms with E-state index < -0.39 is 9.84 Å². The predicted molar refractivity (Wildman–Crippen MR) is 94.3 cm³/mol. The van der Waals surface area contributed by atoms with E-state index in [1.165, 1.54) is 0 Å². The molecule has 3 rings (SSSR count). The van der Waals surface area contributed by atoms with E-state index in [0.717, 1.165) is 9.75 Å². The first-order chi connectivity index (χ1) is 11.0. The topological polar surface area (TPSA) is 54.5 Å². The maximum Gasteiger partial charge on any atom is 0.223 e. The van der Waals surface area contributed by atoms with Gasteiger partial charge in [-0.15, -0.1) is 22.7 Å². The normalized spacial score (nSPS) is 19.7. The van der Waals surface area contributed by atoms with E-state index in [2.05, 4.69) is 0 Å². The van der Waals surface area contributed by atoms with Crippen molar-refractivity contribution in [2.75, 3.05) is 11.5 Å². The summed E-state index contributed by atoms with van der Waals surface area (Å²) in [6.45, 7) is 1.18. The van der Waals surface area contributed by atoms with Crippen LogP contribution >= 0.6 is 22.7 Å². The molecule has 1 unspecified atom stereocenters. The highest BCUT2D eigenvalue weighted by Crippen LogP contribution is 2.24. The zero-order chi connectivity index (χ0) is 16.3. The van der Waals surface area contributed by atoms with Crippen molar-refractivity contribution >= 4 is 38.4 Å². The van der Waals surface area contributed by atoms with Crippen molar-refractivity contribution in [3.05, 3.63) is 44.8 Å². The van der Waals surface area contributed by atoms with Crippen LogP contribution in [0.25, 0.3) is 0 Å². The summed E-state index contributed by atoms with van der Waals surface area (Å²) >= 11 is 3.27. The Labute approximate surface area is 144 Å². The minimum absolute atomic E-state index is 0.0262. The molecule has 0 radical (unpaired) electrons. The van der Waals surface area contributed by atoms with Gasteiger partial charge in [0.2, 0.25) is 5.91 Å². The van der Waals surface area contributed by atoms with Crippen LogP contribution in [0.15, 0.2) is 35.0 Å². The first-order valence-corrected chi connectivity index (χ1v) is 11.1. The van der Waals surface area contributed by atoms with Crippen molar-refractivity contribution in [3.63, 3.8) is 0 Å². The van der Waals surface area contributed by atoms with Gasteiger partial charge in [0.15, 0.2) is 9.84 Å². The Hall–Kier alpha value is -1.18. The molecule has 0 bridgehead atoms. The van der Waals surface area contributed by atoms with Gasteiger partial charge in [0.25, 0.3) is 0 Å².